The molecule has 114 valence electrons. The Morgan fingerprint density at radius 1 is 1.09 bits per heavy atom. The average Bonchev–Trinajstić information content (AvgIpc) is 2.50. The minimum atomic E-state index is -0.584. The summed E-state index contributed by atoms with van der Waals surface area (Å²) >= 11 is 0. The molecule has 0 radical (unpaired) electrons. The third-order valence-electron chi connectivity index (χ3n) is 3.26. The van der Waals surface area contributed by atoms with Gasteiger partial charge in [-0.3, -0.25) is 4.79 Å². The van der Waals surface area contributed by atoms with Crippen molar-refractivity contribution in [1.29, 1.82) is 0 Å². The minimum absolute atomic E-state index is 0.0146. The molecule has 22 heavy (non-hydrogen) atoms. The molecule has 1 N–H and O–H groups in total. The highest BCUT2D eigenvalue weighted by Gasteiger charge is 2.04. The molecule has 2 aromatic carbocycles. The third-order valence-corrected chi connectivity index (χ3v) is 3.26. The van der Waals surface area contributed by atoms with Crippen LogP contribution in [-0.2, 0) is 0 Å². The zero-order valence-corrected chi connectivity index (χ0v) is 12.4. The predicted molar refractivity (Wildman–Crippen MR) is 84.0 cm³/mol. The molecule has 0 aliphatic heterocycles. The van der Waals surface area contributed by atoms with Gasteiger partial charge in [0.15, 0.2) is 5.78 Å². The Kier molecular flexibility index (Phi) is 5.04. The standard InChI is InChI=1S/C18H17F2NO/c1-12(2)13-3-5-14(6-4-13)18(22)9-10-21-17-11-15(19)7-8-16(17)20/h3-12,21H,1-2H3. The summed E-state index contributed by atoms with van der Waals surface area (Å²) in [6.45, 7) is 4.16. The summed E-state index contributed by atoms with van der Waals surface area (Å²) in [5, 5.41) is 2.57. The Hall–Kier alpha value is -2.49. The van der Waals surface area contributed by atoms with Crippen LogP contribution >= 0.6 is 0 Å². The summed E-state index contributed by atoms with van der Waals surface area (Å²) < 4.78 is 26.4. The minimum Gasteiger partial charge on any atom is -0.359 e. The highest BCUT2D eigenvalue weighted by atomic mass is 19.1. The summed E-state index contributed by atoms with van der Waals surface area (Å²) in [6.07, 6.45) is 2.59. The SMILES string of the molecule is CC(C)c1ccc(C(=O)C=CNc2cc(F)ccc2F)cc1. The van der Waals surface area contributed by atoms with Crippen LogP contribution in [0.1, 0.15) is 35.7 Å². The summed E-state index contributed by atoms with van der Waals surface area (Å²) in [5.74, 6) is -0.940. The number of anilines is 1. The van der Waals surface area contributed by atoms with Gasteiger partial charge in [-0.05, 0) is 23.6 Å². The highest BCUT2D eigenvalue weighted by Crippen LogP contribution is 2.16. The van der Waals surface area contributed by atoms with Crippen LogP contribution in [0.2, 0.25) is 0 Å². The first-order chi connectivity index (χ1) is 10.5. The topological polar surface area (TPSA) is 29.1 Å². The van der Waals surface area contributed by atoms with E-state index >= 15 is 0 Å². The lowest BCUT2D eigenvalue weighted by molar-refractivity contribution is 0.104. The molecular formula is C18H17F2NO. The summed E-state index contributed by atoms with van der Waals surface area (Å²) in [7, 11) is 0. The van der Waals surface area contributed by atoms with Gasteiger partial charge in [-0.2, -0.15) is 0 Å². The van der Waals surface area contributed by atoms with Gasteiger partial charge in [0.2, 0.25) is 0 Å². The first kappa shape index (κ1) is 15.9. The van der Waals surface area contributed by atoms with E-state index < -0.39 is 11.6 Å². The van der Waals surface area contributed by atoms with Crippen molar-refractivity contribution in [2.75, 3.05) is 5.32 Å². The summed E-state index contributed by atoms with van der Waals surface area (Å²) in [5.41, 5.74) is 1.68. The Bertz CT molecular complexity index is 691. The highest BCUT2D eigenvalue weighted by molar-refractivity contribution is 6.04. The van der Waals surface area contributed by atoms with Crippen LogP contribution in [-0.4, -0.2) is 5.78 Å². The van der Waals surface area contributed by atoms with Crippen LogP contribution in [0.3, 0.4) is 0 Å². The van der Waals surface area contributed by atoms with Crippen molar-refractivity contribution in [3.05, 3.63) is 77.5 Å². The zero-order valence-electron chi connectivity index (χ0n) is 12.4. The fourth-order valence-electron chi connectivity index (χ4n) is 1.94. The van der Waals surface area contributed by atoms with Crippen molar-refractivity contribution < 1.29 is 13.6 Å². The van der Waals surface area contributed by atoms with Gasteiger partial charge in [0.1, 0.15) is 11.6 Å². The van der Waals surface area contributed by atoms with Gasteiger partial charge in [0.05, 0.1) is 5.69 Å². The Morgan fingerprint density at radius 2 is 1.77 bits per heavy atom. The molecule has 0 spiro atoms. The summed E-state index contributed by atoms with van der Waals surface area (Å²) in [6, 6.07) is 10.4. The van der Waals surface area contributed by atoms with Gasteiger partial charge < -0.3 is 5.32 Å². The number of halogens is 2. The van der Waals surface area contributed by atoms with E-state index in [9.17, 15) is 13.6 Å². The molecule has 0 fully saturated rings. The number of allylic oxidation sites excluding steroid dienone is 1. The van der Waals surface area contributed by atoms with E-state index in [4.69, 9.17) is 0 Å². The second-order valence-corrected chi connectivity index (χ2v) is 5.24. The van der Waals surface area contributed by atoms with Gasteiger partial charge in [-0.15, -0.1) is 0 Å². The zero-order chi connectivity index (χ0) is 16.1. The number of rotatable bonds is 5. The van der Waals surface area contributed by atoms with Gasteiger partial charge in [-0.25, -0.2) is 8.78 Å². The van der Waals surface area contributed by atoms with E-state index in [0.717, 1.165) is 23.8 Å². The number of benzene rings is 2. The van der Waals surface area contributed by atoms with Crippen LogP contribution in [0.5, 0.6) is 0 Å². The van der Waals surface area contributed by atoms with Crippen molar-refractivity contribution in [3.8, 4) is 0 Å². The molecule has 2 aromatic rings. The lowest BCUT2D eigenvalue weighted by Crippen LogP contribution is -1.98. The number of carbonyl (C=O) groups excluding carboxylic acids is 1. The second-order valence-electron chi connectivity index (χ2n) is 5.24. The molecule has 0 bridgehead atoms. The second kappa shape index (κ2) is 6.98. The van der Waals surface area contributed by atoms with E-state index in [1.54, 1.807) is 12.1 Å². The molecule has 0 amide bonds. The quantitative estimate of drug-likeness (QED) is 0.629. The third kappa shape index (κ3) is 4.01. The molecule has 0 saturated carbocycles. The monoisotopic (exact) mass is 301 g/mol. The Balaban J connectivity index is 2.03. The van der Waals surface area contributed by atoms with Crippen molar-refractivity contribution >= 4 is 11.5 Å². The number of hydrogen-bond acceptors (Lipinski definition) is 2. The van der Waals surface area contributed by atoms with Crippen molar-refractivity contribution in [2.24, 2.45) is 0 Å². The van der Waals surface area contributed by atoms with E-state index in [2.05, 4.69) is 19.2 Å². The first-order valence-corrected chi connectivity index (χ1v) is 7.00. The maximum Gasteiger partial charge on any atom is 0.187 e. The van der Waals surface area contributed by atoms with Crippen LogP contribution in [0.25, 0.3) is 0 Å². The molecule has 2 nitrogen and oxygen atoms in total. The lowest BCUT2D eigenvalue weighted by atomic mass is 10.0. The molecule has 0 unspecified atom stereocenters. The fourth-order valence-corrected chi connectivity index (χ4v) is 1.94. The normalized spacial score (nSPS) is 11.1. The molecule has 0 aromatic heterocycles. The predicted octanol–water partition coefficient (Wildman–Crippen LogP) is 4.90. The number of carbonyl (C=O) groups is 1. The first-order valence-electron chi connectivity index (χ1n) is 7.00. The molecule has 0 aliphatic rings. The van der Waals surface area contributed by atoms with Gasteiger partial charge in [0.25, 0.3) is 0 Å². The molecule has 0 atom stereocenters. The molecule has 0 heterocycles. The number of nitrogens with one attached hydrogen (secondary N) is 1. The maximum atomic E-state index is 13.4. The lowest BCUT2D eigenvalue weighted by Gasteiger charge is -2.05. The van der Waals surface area contributed by atoms with Crippen LogP contribution in [0.4, 0.5) is 14.5 Å². The fraction of sp³-hybridized carbons (Fsp3) is 0.167. The summed E-state index contributed by atoms with van der Waals surface area (Å²) in [4.78, 5) is 12.0. The van der Waals surface area contributed by atoms with Gasteiger partial charge in [0, 0.05) is 23.9 Å². The molecule has 2 rings (SSSR count). The molecule has 0 aliphatic carbocycles. The van der Waals surface area contributed by atoms with Crippen LogP contribution in [0, 0.1) is 11.6 Å². The van der Waals surface area contributed by atoms with E-state index in [1.165, 1.54) is 12.3 Å². The van der Waals surface area contributed by atoms with Crippen LogP contribution in [0.15, 0.2) is 54.7 Å². The van der Waals surface area contributed by atoms with Crippen molar-refractivity contribution in [3.63, 3.8) is 0 Å². The number of ketones is 1. The smallest absolute Gasteiger partial charge is 0.187 e. The molecular weight excluding hydrogens is 284 g/mol. The van der Waals surface area contributed by atoms with Crippen LogP contribution < -0.4 is 5.32 Å². The van der Waals surface area contributed by atoms with Gasteiger partial charge >= 0.3 is 0 Å². The Morgan fingerprint density at radius 3 is 2.41 bits per heavy atom. The van der Waals surface area contributed by atoms with E-state index in [-0.39, 0.29) is 11.5 Å². The van der Waals surface area contributed by atoms with E-state index in [1.807, 2.05) is 12.1 Å². The number of hydrogen-bond donors (Lipinski definition) is 1. The largest absolute Gasteiger partial charge is 0.359 e. The Labute approximate surface area is 128 Å². The maximum absolute atomic E-state index is 13.4. The molecule has 4 heteroatoms. The van der Waals surface area contributed by atoms with Gasteiger partial charge in [-0.1, -0.05) is 38.1 Å². The van der Waals surface area contributed by atoms with E-state index in [0.29, 0.717) is 11.5 Å². The average molecular weight is 301 g/mol. The van der Waals surface area contributed by atoms with Crippen molar-refractivity contribution in [1.82, 2.24) is 0 Å². The van der Waals surface area contributed by atoms with Crippen molar-refractivity contribution in [2.45, 2.75) is 19.8 Å². The molecule has 0 saturated heterocycles.